The molecule has 0 saturated heterocycles. The molecular weight excluding hydrogens is 308 g/mol. The minimum absolute atomic E-state index is 0.0315. The largest absolute Gasteiger partial charge is 0.465 e. The number of aromatic nitrogens is 2. The predicted octanol–water partition coefficient (Wildman–Crippen LogP) is 3.24. The summed E-state index contributed by atoms with van der Waals surface area (Å²) in [5.41, 5.74) is 0.954. The van der Waals surface area contributed by atoms with Gasteiger partial charge in [0.1, 0.15) is 12.1 Å². The van der Waals surface area contributed by atoms with Crippen molar-refractivity contribution < 1.29 is 23.4 Å². The van der Waals surface area contributed by atoms with Gasteiger partial charge in [0.05, 0.1) is 17.8 Å². The van der Waals surface area contributed by atoms with E-state index in [2.05, 4.69) is 9.97 Å². The highest BCUT2D eigenvalue weighted by atomic mass is 19.3. The Kier molecular flexibility index (Phi) is 4.05. The van der Waals surface area contributed by atoms with Gasteiger partial charge >= 0.3 is 6.09 Å². The average Bonchev–Trinajstić information content (AvgIpc) is 2.55. The smallest absolute Gasteiger partial charge is 0.407 e. The van der Waals surface area contributed by atoms with Crippen LogP contribution in [0.4, 0.5) is 13.6 Å². The molecule has 0 atom stereocenters. The zero-order valence-electron chi connectivity index (χ0n) is 11.9. The van der Waals surface area contributed by atoms with Gasteiger partial charge in [-0.3, -0.25) is 0 Å². The Bertz CT molecular complexity index is 740. The minimum Gasteiger partial charge on any atom is -0.465 e. The van der Waals surface area contributed by atoms with Crippen molar-refractivity contribution in [3.8, 4) is 11.6 Å². The molecule has 0 unspecified atom stereocenters. The lowest BCUT2D eigenvalue weighted by atomic mass is 10.1. The Labute approximate surface area is 130 Å². The molecule has 1 N–H and O–H groups in total. The number of fused-ring (bicyclic) bond motifs is 1. The van der Waals surface area contributed by atoms with E-state index in [1.54, 1.807) is 6.07 Å². The van der Waals surface area contributed by atoms with Crippen LogP contribution >= 0.6 is 0 Å². The highest BCUT2D eigenvalue weighted by Crippen LogP contribution is 2.34. The SMILES string of the molecule is O=C(O)N1CCc2c(ncnc2Oc2ccccc2C(F)F)C1. The fourth-order valence-electron chi connectivity index (χ4n) is 2.43. The Hall–Kier alpha value is -2.77. The van der Waals surface area contributed by atoms with Gasteiger partial charge in [0.15, 0.2) is 0 Å². The van der Waals surface area contributed by atoms with E-state index in [-0.39, 0.29) is 30.3 Å². The summed E-state index contributed by atoms with van der Waals surface area (Å²) in [6.45, 7) is 0.405. The van der Waals surface area contributed by atoms with Crippen LogP contribution in [-0.2, 0) is 13.0 Å². The highest BCUT2D eigenvalue weighted by Gasteiger charge is 2.25. The van der Waals surface area contributed by atoms with Crippen molar-refractivity contribution in [1.82, 2.24) is 14.9 Å². The number of hydrogen-bond acceptors (Lipinski definition) is 4. The van der Waals surface area contributed by atoms with Gasteiger partial charge in [-0.2, -0.15) is 0 Å². The third-order valence-electron chi connectivity index (χ3n) is 3.60. The van der Waals surface area contributed by atoms with Crippen molar-refractivity contribution >= 4 is 6.09 Å². The zero-order valence-corrected chi connectivity index (χ0v) is 11.9. The van der Waals surface area contributed by atoms with Crippen LogP contribution in [0.2, 0.25) is 0 Å². The molecule has 0 radical (unpaired) electrons. The molecule has 2 heterocycles. The quantitative estimate of drug-likeness (QED) is 0.939. The van der Waals surface area contributed by atoms with Gasteiger partial charge in [0, 0.05) is 12.1 Å². The number of amides is 1. The Morgan fingerprint density at radius 2 is 2.09 bits per heavy atom. The van der Waals surface area contributed by atoms with E-state index < -0.39 is 12.5 Å². The summed E-state index contributed by atoms with van der Waals surface area (Å²) in [6, 6.07) is 5.84. The third kappa shape index (κ3) is 3.05. The van der Waals surface area contributed by atoms with Crippen LogP contribution in [0.3, 0.4) is 0 Å². The summed E-state index contributed by atoms with van der Waals surface area (Å²) < 4.78 is 31.6. The molecule has 0 spiro atoms. The van der Waals surface area contributed by atoms with Crippen LogP contribution in [0.5, 0.6) is 11.6 Å². The van der Waals surface area contributed by atoms with Crippen LogP contribution in [0.25, 0.3) is 0 Å². The first kappa shape index (κ1) is 15.1. The predicted molar refractivity (Wildman–Crippen MR) is 75.6 cm³/mol. The lowest BCUT2D eigenvalue weighted by Gasteiger charge is -2.26. The van der Waals surface area contributed by atoms with Crippen molar-refractivity contribution in [3.63, 3.8) is 0 Å². The summed E-state index contributed by atoms with van der Waals surface area (Å²) in [5.74, 6) is 0.220. The van der Waals surface area contributed by atoms with Gasteiger partial charge in [-0.15, -0.1) is 0 Å². The number of nitrogens with zero attached hydrogens (tertiary/aromatic N) is 3. The van der Waals surface area contributed by atoms with E-state index >= 15 is 0 Å². The van der Waals surface area contributed by atoms with E-state index in [0.29, 0.717) is 17.7 Å². The van der Waals surface area contributed by atoms with E-state index in [4.69, 9.17) is 9.84 Å². The summed E-state index contributed by atoms with van der Waals surface area (Å²) in [7, 11) is 0. The third-order valence-corrected chi connectivity index (χ3v) is 3.60. The highest BCUT2D eigenvalue weighted by molar-refractivity contribution is 5.65. The van der Waals surface area contributed by atoms with Crippen molar-refractivity contribution in [3.05, 3.63) is 47.4 Å². The van der Waals surface area contributed by atoms with Crippen molar-refractivity contribution in [2.45, 2.75) is 19.4 Å². The molecule has 1 amide bonds. The lowest BCUT2D eigenvalue weighted by Crippen LogP contribution is -2.35. The average molecular weight is 321 g/mol. The molecule has 6 nitrogen and oxygen atoms in total. The van der Waals surface area contributed by atoms with E-state index in [9.17, 15) is 13.6 Å². The van der Waals surface area contributed by atoms with Crippen LogP contribution in [0, 0.1) is 0 Å². The number of benzene rings is 1. The summed E-state index contributed by atoms with van der Waals surface area (Å²) in [5, 5.41) is 9.03. The van der Waals surface area contributed by atoms with E-state index in [1.165, 1.54) is 29.4 Å². The first-order valence-electron chi connectivity index (χ1n) is 6.92. The van der Waals surface area contributed by atoms with Gasteiger partial charge < -0.3 is 14.7 Å². The second kappa shape index (κ2) is 6.15. The molecule has 8 heteroatoms. The summed E-state index contributed by atoms with van der Waals surface area (Å²) >= 11 is 0. The zero-order chi connectivity index (χ0) is 16.4. The topological polar surface area (TPSA) is 75.5 Å². The molecule has 1 aromatic heterocycles. The monoisotopic (exact) mass is 321 g/mol. The minimum atomic E-state index is -2.66. The molecule has 1 aromatic carbocycles. The number of carbonyl (C=O) groups is 1. The summed E-state index contributed by atoms with van der Waals surface area (Å²) in [6.07, 6.45) is -2.08. The molecule has 0 bridgehead atoms. The van der Waals surface area contributed by atoms with Crippen molar-refractivity contribution in [2.24, 2.45) is 0 Å². The molecule has 0 fully saturated rings. The maximum absolute atomic E-state index is 13.0. The molecule has 1 aliphatic heterocycles. The van der Waals surface area contributed by atoms with Gasteiger partial charge in [-0.1, -0.05) is 12.1 Å². The number of ether oxygens (including phenoxy) is 1. The maximum atomic E-state index is 13.0. The van der Waals surface area contributed by atoms with Crippen LogP contribution < -0.4 is 4.74 Å². The van der Waals surface area contributed by atoms with E-state index in [1.807, 2.05) is 0 Å². The number of alkyl halides is 2. The Morgan fingerprint density at radius 1 is 1.30 bits per heavy atom. The first-order valence-corrected chi connectivity index (χ1v) is 6.92. The Morgan fingerprint density at radius 3 is 2.83 bits per heavy atom. The molecule has 1 aliphatic rings. The molecule has 2 aromatic rings. The fourth-order valence-corrected chi connectivity index (χ4v) is 2.43. The van der Waals surface area contributed by atoms with E-state index in [0.717, 1.165) is 0 Å². The van der Waals surface area contributed by atoms with Gasteiger partial charge in [-0.25, -0.2) is 23.5 Å². The second-order valence-corrected chi connectivity index (χ2v) is 5.00. The molecule has 0 saturated carbocycles. The molecule has 23 heavy (non-hydrogen) atoms. The number of para-hydroxylation sites is 1. The molecule has 3 rings (SSSR count). The number of rotatable bonds is 3. The van der Waals surface area contributed by atoms with Gasteiger partial charge in [0.2, 0.25) is 5.88 Å². The number of halogens is 2. The molecular formula is C15H13F2N3O3. The van der Waals surface area contributed by atoms with Crippen LogP contribution in [0.15, 0.2) is 30.6 Å². The summed E-state index contributed by atoms with van der Waals surface area (Å²) in [4.78, 5) is 20.3. The second-order valence-electron chi connectivity index (χ2n) is 5.00. The number of hydrogen-bond donors (Lipinski definition) is 1. The van der Waals surface area contributed by atoms with Crippen LogP contribution in [-0.4, -0.2) is 32.6 Å². The normalized spacial score (nSPS) is 13.8. The maximum Gasteiger partial charge on any atom is 0.407 e. The van der Waals surface area contributed by atoms with Gasteiger partial charge in [-0.05, 0) is 18.6 Å². The molecule has 0 aliphatic carbocycles. The van der Waals surface area contributed by atoms with Gasteiger partial charge in [0.25, 0.3) is 6.43 Å². The molecule has 120 valence electrons. The van der Waals surface area contributed by atoms with Crippen molar-refractivity contribution in [1.29, 1.82) is 0 Å². The van der Waals surface area contributed by atoms with Crippen LogP contribution in [0.1, 0.15) is 23.2 Å². The lowest BCUT2D eigenvalue weighted by molar-refractivity contribution is 0.138. The fraction of sp³-hybridized carbons (Fsp3) is 0.267. The standard InChI is InChI=1S/C15H13F2N3O3/c16-13(17)10-3-1-2-4-12(10)23-14-9-5-6-20(15(21)22)7-11(9)18-8-19-14/h1-4,8,13H,5-7H2,(H,21,22). The van der Waals surface area contributed by atoms with Crippen molar-refractivity contribution in [2.75, 3.05) is 6.54 Å². The number of carboxylic acid groups (broad SMARTS) is 1. The Balaban J connectivity index is 1.91. The first-order chi connectivity index (χ1) is 11.1.